The van der Waals surface area contributed by atoms with Gasteiger partial charge in [-0.25, -0.2) is 0 Å². The van der Waals surface area contributed by atoms with Crippen molar-refractivity contribution < 1.29 is 38.9 Å². The van der Waals surface area contributed by atoms with Crippen molar-refractivity contribution in [3.8, 4) is 0 Å². The Balaban J connectivity index is 2.90. The van der Waals surface area contributed by atoms with Gasteiger partial charge in [-0.1, -0.05) is 30.3 Å². The smallest absolute Gasteiger partial charge is 0.322 e. The third kappa shape index (κ3) is 11.3. The number of carboxylic acid groups (broad SMARTS) is 2. The van der Waals surface area contributed by atoms with Gasteiger partial charge < -0.3 is 31.3 Å². The molecule has 0 heterocycles. The van der Waals surface area contributed by atoms with E-state index in [1.54, 1.807) is 19.1 Å². The first-order valence-electron chi connectivity index (χ1n) is 10.2. The Morgan fingerprint density at radius 1 is 1.12 bits per heavy atom. The monoisotopic (exact) mass is 483 g/mol. The number of carboxylic acids is 2. The number of aliphatic carboxylic acids is 2. The molecule has 0 aliphatic rings. The summed E-state index contributed by atoms with van der Waals surface area (Å²) >= 11 is 1.23. The quantitative estimate of drug-likeness (QED) is 0.217. The lowest BCUT2D eigenvalue weighted by molar-refractivity contribution is -0.143. The van der Waals surface area contributed by atoms with Gasteiger partial charge in [0.15, 0.2) is 0 Å². The predicted octanol–water partition coefficient (Wildman–Crippen LogP) is 0.292. The van der Waals surface area contributed by atoms with Crippen LogP contribution in [0.25, 0.3) is 0 Å². The minimum Gasteiger partial charge on any atom is -0.480 e. The summed E-state index contributed by atoms with van der Waals surface area (Å²) in [5.74, 6) is -4.22. The molecule has 0 saturated carbocycles. The van der Waals surface area contributed by atoms with Crippen molar-refractivity contribution in [1.82, 2.24) is 10.6 Å². The summed E-state index contributed by atoms with van der Waals surface area (Å²) < 4.78 is 5.02. The first-order valence-corrected chi connectivity index (χ1v) is 11.3. The van der Waals surface area contributed by atoms with Crippen molar-refractivity contribution in [3.05, 3.63) is 35.9 Å². The van der Waals surface area contributed by atoms with E-state index in [1.807, 2.05) is 18.2 Å². The van der Waals surface area contributed by atoms with E-state index >= 15 is 0 Å². The summed E-state index contributed by atoms with van der Waals surface area (Å²) in [7, 11) is 0. The van der Waals surface area contributed by atoms with Crippen LogP contribution in [0.1, 0.15) is 37.0 Å². The summed E-state index contributed by atoms with van der Waals surface area (Å²) in [6.07, 6.45) is -0.327. The molecule has 3 atom stereocenters. The zero-order valence-corrected chi connectivity index (χ0v) is 19.0. The third-order valence-corrected chi connectivity index (χ3v) is 5.72. The predicted molar refractivity (Wildman–Crippen MR) is 120 cm³/mol. The number of ether oxygens (including phenoxy) is 1. The highest BCUT2D eigenvalue weighted by molar-refractivity contribution is 7.99. The molecule has 0 aromatic heterocycles. The number of benzene rings is 1. The number of nitrogens with one attached hydrogen (secondary N) is 2. The van der Waals surface area contributed by atoms with Crippen LogP contribution < -0.4 is 16.4 Å². The van der Waals surface area contributed by atoms with Gasteiger partial charge >= 0.3 is 17.9 Å². The van der Waals surface area contributed by atoms with Gasteiger partial charge in [-0.3, -0.25) is 24.0 Å². The summed E-state index contributed by atoms with van der Waals surface area (Å²) in [5.41, 5.74) is 6.22. The van der Waals surface area contributed by atoms with Crippen molar-refractivity contribution in [2.45, 2.75) is 43.5 Å². The van der Waals surface area contributed by atoms with Crippen LogP contribution in [-0.2, 0) is 28.7 Å². The van der Waals surface area contributed by atoms with Gasteiger partial charge in [0.25, 0.3) is 0 Å². The molecule has 1 unspecified atom stereocenters. The molecular weight excluding hydrogens is 454 g/mol. The standard InChI is InChI=1S/C21H29N3O8S/c1-2-32-19(28)10-16(13-6-4-3-5-7-13)33-12-15(20(29)23-11-18(26)27)24-17(25)9-8-14(22)21(30)31/h3-7,14-16H,2,8-12,22H2,1H3,(H,23,29)(H,24,25)(H,26,27)(H,30,31)/t14-,15-,16?/m0/s1. The lowest BCUT2D eigenvalue weighted by atomic mass is 10.1. The van der Waals surface area contributed by atoms with Crippen LogP contribution in [0.2, 0.25) is 0 Å². The summed E-state index contributed by atoms with van der Waals surface area (Å²) in [6.45, 7) is 1.28. The summed E-state index contributed by atoms with van der Waals surface area (Å²) in [6, 6.07) is 6.73. The Labute approximate surface area is 195 Å². The number of amides is 2. The number of esters is 1. The molecule has 182 valence electrons. The van der Waals surface area contributed by atoms with Crippen molar-refractivity contribution in [1.29, 1.82) is 0 Å². The molecule has 0 radical (unpaired) electrons. The molecule has 1 rings (SSSR count). The first-order chi connectivity index (χ1) is 15.6. The molecule has 1 aromatic rings. The fourth-order valence-electron chi connectivity index (χ4n) is 2.67. The van der Waals surface area contributed by atoms with Crippen LogP contribution in [0.3, 0.4) is 0 Å². The Hall–Kier alpha value is -3.12. The molecule has 1 aromatic carbocycles. The number of carbonyl (C=O) groups excluding carboxylic acids is 3. The number of hydrogen-bond acceptors (Lipinski definition) is 8. The maximum absolute atomic E-state index is 12.5. The maximum atomic E-state index is 12.5. The average molecular weight is 484 g/mol. The number of nitrogens with two attached hydrogens (primary N) is 1. The molecule has 0 fully saturated rings. The van der Waals surface area contributed by atoms with Gasteiger partial charge in [0.1, 0.15) is 18.6 Å². The van der Waals surface area contributed by atoms with Crippen molar-refractivity contribution >= 4 is 41.5 Å². The molecule has 0 saturated heterocycles. The molecule has 0 spiro atoms. The van der Waals surface area contributed by atoms with Crippen LogP contribution >= 0.6 is 11.8 Å². The second kappa shape index (κ2) is 14.9. The van der Waals surface area contributed by atoms with E-state index < -0.39 is 48.4 Å². The molecule has 11 nitrogen and oxygen atoms in total. The van der Waals surface area contributed by atoms with Gasteiger partial charge in [0, 0.05) is 17.4 Å². The van der Waals surface area contributed by atoms with Gasteiger partial charge in [0.2, 0.25) is 11.8 Å². The lowest BCUT2D eigenvalue weighted by Crippen LogP contribution is -2.49. The first kappa shape index (κ1) is 27.9. The number of hydrogen-bond donors (Lipinski definition) is 5. The van der Waals surface area contributed by atoms with E-state index in [4.69, 9.17) is 20.7 Å². The van der Waals surface area contributed by atoms with E-state index in [1.165, 1.54) is 11.8 Å². The third-order valence-electron chi connectivity index (χ3n) is 4.36. The van der Waals surface area contributed by atoms with E-state index in [0.29, 0.717) is 0 Å². The van der Waals surface area contributed by atoms with Gasteiger partial charge in [-0.2, -0.15) is 11.8 Å². The molecule has 0 bridgehead atoms. The van der Waals surface area contributed by atoms with Crippen molar-refractivity contribution in [2.24, 2.45) is 5.73 Å². The Bertz CT molecular complexity index is 821. The number of thioether (sulfide) groups is 1. The maximum Gasteiger partial charge on any atom is 0.322 e. The highest BCUT2D eigenvalue weighted by Gasteiger charge is 2.25. The topological polar surface area (TPSA) is 185 Å². The number of carbonyl (C=O) groups is 5. The highest BCUT2D eigenvalue weighted by Crippen LogP contribution is 2.33. The Morgan fingerprint density at radius 3 is 2.36 bits per heavy atom. The SMILES string of the molecule is CCOC(=O)CC(SC[C@H](NC(=O)CC[C@H](N)C(=O)O)C(=O)NCC(=O)O)c1ccccc1. The second-order valence-electron chi connectivity index (χ2n) is 6.96. The normalized spacial score (nSPS) is 13.3. The van der Waals surface area contributed by atoms with Gasteiger partial charge in [0.05, 0.1) is 13.0 Å². The minimum atomic E-state index is -1.25. The Morgan fingerprint density at radius 2 is 1.79 bits per heavy atom. The second-order valence-corrected chi connectivity index (χ2v) is 8.19. The van der Waals surface area contributed by atoms with Crippen LogP contribution in [0.4, 0.5) is 0 Å². The van der Waals surface area contributed by atoms with Crippen molar-refractivity contribution in [2.75, 3.05) is 18.9 Å². The summed E-state index contributed by atoms with van der Waals surface area (Å²) in [5, 5.41) is 22.0. The van der Waals surface area contributed by atoms with Crippen LogP contribution in [0.5, 0.6) is 0 Å². The molecule has 12 heteroatoms. The van der Waals surface area contributed by atoms with E-state index in [-0.39, 0.29) is 36.9 Å². The summed E-state index contributed by atoms with van der Waals surface area (Å²) in [4.78, 5) is 58.4. The zero-order valence-electron chi connectivity index (χ0n) is 18.2. The van der Waals surface area contributed by atoms with Crippen LogP contribution in [0.15, 0.2) is 30.3 Å². The molecule has 0 aliphatic heterocycles. The molecule has 2 amide bonds. The molecular formula is C21H29N3O8S. The average Bonchev–Trinajstić information content (AvgIpc) is 2.78. The van der Waals surface area contributed by atoms with E-state index in [9.17, 15) is 24.0 Å². The highest BCUT2D eigenvalue weighted by atomic mass is 32.2. The van der Waals surface area contributed by atoms with Gasteiger partial charge in [-0.15, -0.1) is 0 Å². The van der Waals surface area contributed by atoms with Crippen LogP contribution in [-0.4, -0.2) is 70.9 Å². The minimum absolute atomic E-state index is 0.0289. The Kier molecular flexibility index (Phi) is 12.6. The fraction of sp³-hybridized carbons (Fsp3) is 0.476. The van der Waals surface area contributed by atoms with Crippen molar-refractivity contribution in [3.63, 3.8) is 0 Å². The number of rotatable bonds is 15. The molecule has 6 N–H and O–H groups in total. The lowest BCUT2D eigenvalue weighted by Gasteiger charge is -2.22. The zero-order chi connectivity index (χ0) is 24.8. The largest absolute Gasteiger partial charge is 0.480 e. The van der Waals surface area contributed by atoms with Gasteiger partial charge in [-0.05, 0) is 18.9 Å². The van der Waals surface area contributed by atoms with Crippen LogP contribution in [0, 0.1) is 0 Å². The fourth-order valence-corrected chi connectivity index (χ4v) is 3.93. The van der Waals surface area contributed by atoms with E-state index in [2.05, 4.69) is 10.6 Å². The molecule has 0 aliphatic carbocycles. The van der Waals surface area contributed by atoms with E-state index in [0.717, 1.165) is 5.56 Å². The molecule has 33 heavy (non-hydrogen) atoms.